The molecule has 0 fully saturated rings. The number of nitrogens with one attached hydrogen (secondary N) is 1. The lowest BCUT2D eigenvalue weighted by Gasteiger charge is -2.26. The SMILES string of the molecule is CC.CNC(C)(C)CCOC(C)(C)C. The fourth-order valence-electron chi connectivity index (χ4n) is 0.737. The van der Waals surface area contributed by atoms with Crippen molar-refractivity contribution in [2.24, 2.45) is 0 Å². The average Bonchev–Trinajstić information content (AvgIpc) is 2.05. The second kappa shape index (κ2) is 7.24. The molecule has 0 amide bonds. The molecule has 0 heterocycles. The first kappa shape index (κ1) is 16.4. The van der Waals surface area contributed by atoms with E-state index >= 15 is 0 Å². The van der Waals surface area contributed by atoms with Crippen molar-refractivity contribution >= 4 is 0 Å². The second-order valence-electron chi connectivity index (χ2n) is 4.84. The minimum absolute atomic E-state index is 0.0101. The van der Waals surface area contributed by atoms with Crippen LogP contribution in [-0.4, -0.2) is 24.8 Å². The van der Waals surface area contributed by atoms with Crippen molar-refractivity contribution in [1.82, 2.24) is 5.32 Å². The van der Waals surface area contributed by atoms with Crippen molar-refractivity contribution in [3.63, 3.8) is 0 Å². The number of rotatable bonds is 4. The zero-order valence-electron chi connectivity index (χ0n) is 11.3. The lowest BCUT2D eigenvalue weighted by molar-refractivity contribution is -0.0110. The van der Waals surface area contributed by atoms with Gasteiger partial charge >= 0.3 is 0 Å². The quantitative estimate of drug-likeness (QED) is 0.757. The van der Waals surface area contributed by atoms with E-state index in [9.17, 15) is 0 Å². The van der Waals surface area contributed by atoms with Crippen LogP contribution in [0.4, 0.5) is 0 Å². The van der Waals surface area contributed by atoms with Gasteiger partial charge in [-0.15, -0.1) is 0 Å². The molecular formula is C12H29NO. The van der Waals surface area contributed by atoms with Crippen LogP contribution in [0, 0.1) is 0 Å². The smallest absolute Gasteiger partial charge is 0.0598 e. The molecule has 0 aromatic rings. The molecule has 14 heavy (non-hydrogen) atoms. The van der Waals surface area contributed by atoms with Gasteiger partial charge in [-0.1, -0.05) is 13.8 Å². The Bertz CT molecular complexity index is 125. The van der Waals surface area contributed by atoms with Crippen LogP contribution in [-0.2, 0) is 4.74 Å². The molecule has 88 valence electrons. The summed E-state index contributed by atoms with van der Waals surface area (Å²) in [7, 11) is 1.98. The van der Waals surface area contributed by atoms with E-state index in [4.69, 9.17) is 4.74 Å². The Balaban J connectivity index is 0. The Morgan fingerprint density at radius 3 is 1.71 bits per heavy atom. The van der Waals surface area contributed by atoms with E-state index < -0.39 is 0 Å². The van der Waals surface area contributed by atoms with E-state index in [2.05, 4.69) is 39.9 Å². The summed E-state index contributed by atoms with van der Waals surface area (Å²) < 4.78 is 5.63. The van der Waals surface area contributed by atoms with Crippen molar-refractivity contribution < 1.29 is 4.74 Å². The molecule has 0 aromatic heterocycles. The maximum atomic E-state index is 5.63. The fraction of sp³-hybridized carbons (Fsp3) is 1.00. The van der Waals surface area contributed by atoms with Gasteiger partial charge in [0.1, 0.15) is 0 Å². The normalized spacial score (nSPS) is 12.0. The van der Waals surface area contributed by atoms with Crippen LogP contribution in [0.3, 0.4) is 0 Å². The van der Waals surface area contributed by atoms with Gasteiger partial charge in [0, 0.05) is 12.1 Å². The van der Waals surface area contributed by atoms with E-state index in [1.807, 2.05) is 20.9 Å². The first-order chi connectivity index (χ1) is 6.27. The van der Waals surface area contributed by atoms with Gasteiger partial charge in [-0.25, -0.2) is 0 Å². The van der Waals surface area contributed by atoms with E-state index in [1.165, 1.54) is 0 Å². The van der Waals surface area contributed by atoms with E-state index in [1.54, 1.807) is 0 Å². The van der Waals surface area contributed by atoms with Gasteiger partial charge in [-0.3, -0.25) is 0 Å². The van der Waals surface area contributed by atoms with Crippen LogP contribution < -0.4 is 5.32 Å². The monoisotopic (exact) mass is 203 g/mol. The van der Waals surface area contributed by atoms with Gasteiger partial charge in [-0.05, 0) is 48.1 Å². The highest BCUT2D eigenvalue weighted by Gasteiger charge is 2.16. The molecule has 0 unspecified atom stereocenters. The molecule has 1 N–H and O–H groups in total. The van der Waals surface area contributed by atoms with Gasteiger partial charge in [-0.2, -0.15) is 0 Å². The lowest BCUT2D eigenvalue weighted by Crippen LogP contribution is -2.38. The molecular weight excluding hydrogens is 174 g/mol. The summed E-state index contributed by atoms with van der Waals surface area (Å²) in [4.78, 5) is 0. The summed E-state index contributed by atoms with van der Waals surface area (Å²) in [5.74, 6) is 0. The highest BCUT2D eigenvalue weighted by atomic mass is 16.5. The molecule has 0 radical (unpaired) electrons. The van der Waals surface area contributed by atoms with Crippen molar-refractivity contribution in [1.29, 1.82) is 0 Å². The molecule has 0 aliphatic heterocycles. The van der Waals surface area contributed by atoms with E-state index in [0.29, 0.717) is 0 Å². The van der Waals surface area contributed by atoms with Crippen LogP contribution in [0.15, 0.2) is 0 Å². The first-order valence-electron chi connectivity index (χ1n) is 5.60. The van der Waals surface area contributed by atoms with Gasteiger partial charge in [0.25, 0.3) is 0 Å². The predicted molar refractivity (Wildman–Crippen MR) is 64.8 cm³/mol. The fourth-order valence-corrected chi connectivity index (χ4v) is 0.737. The predicted octanol–water partition coefficient (Wildman–Crippen LogP) is 3.22. The molecule has 0 aliphatic carbocycles. The zero-order valence-corrected chi connectivity index (χ0v) is 11.3. The van der Waals surface area contributed by atoms with Gasteiger partial charge in [0.15, 0.2) is 0 Å². The maximum Gasteiger partial charge on any atom is 0.0598 e. The van der Waals surface area contributed by atoms with Crippen LogP contribution >= 0.6 is 0 Å². The molecule has 0 rings (SSSR count). The highest BCUT2D eigenvalue weighted by molar-refractivity contribution is 4.75. The molecule has 2 nitrogen and oxygen atoms in total. The molecule has 0 saturated heterocycles. The summed E-state index contributed by atoms with van der Waals surface area (Å²) in [5, 5.41) is 3.25. The third kappa shape index (κ3) is 11.9. The Labute approximate surface area is 90.4 Å². The van der Waals surface area contributed by atoms with Crippen LogP contribution in [0.2, 0.25) is 0 Å². The summed E-state index contributed by atoms with van der Waals surface area (Å²) in [6, 6.07) is 0. The van der Waals surface area contributed by atoms with Crippen molar-refractivity contribution in [2.45, 2.75) is 66.0 Å². The van der Waals surface area contributed by atoms with Gasteiger partial charge in [0.2, 0.25) is 0 Å². The highest BCUT2D eigenvalue weighted by Crippen LogP contribution is 2.12. The van der Waals surface area contributed by atoms with Gasteiger partial charge in [0.05, 0.1) is 5.60 Å². The first-order valence-corrected chi connectivity index (χ1v) is 5.60. The standard InChI is InChI=1S/C10H23NO.C2H6/c1-9(2,3)12-8-7-10(4,5)11-6;1-2/h11H,7-8H2,1-6H3;1-2H3. The summed E-state index contributed by atoms with van der Waals surface area (Å²) in [6.07, 6.45) is 1.04. The summed E-state index contributed by atoms with van der Waals surface area (Å²) in [5.41, 5.74) is 0.176. The van der Waals surface area contributed by atoms with E-state index in [-0.39, 0.29) is 11.1 Å². The van der Waals surface area contributed by atoms with Crippen LogP contribution in [0.1, 0.15) is 54.9 Å². The third-order valence-electron chi connectivity index (χ3n) is 1.94. The minimum Gasteiger partial charge on any atom is -0.376 e. The van der Waals surface area contributed by atoms with Crippen LogP contribution in [0.5, 0.6) is 0 Å². The third-order valence-corrected chi connectivity index (χ3v) is 1.94. The van der Waals surface area contributed by atoms with E-state index in [0.717, 1.165) is 13.0 Å². The number of hydrogen-bond donors (Lipinski definition) is 1. The molecule has 2 heteroatoms. The molecule has 0 aromatic carbocycles. The maximum absolute atomic E-state index is 5.63. The summed E-state index contributed by atoms with van der Waals surface area (Å²) >= 11 is 0. The number of hydrogen-bond acceptors (Lipinski definition) is 2. The molecule has 0 bridgehead atoms. The van der Waals surface area contributed by atoms with Crippen LogP contribution in [0.25, 0.3) is 0 Å². The Morgan fingerprint density at radius 1 is 1.00 bits per heavy atom. The average molecular weight is 203 g/mol. The molecule has 0 atom stereocenters. The Morgan fingerprint density at radius 2 is 1.43 bits per heavy atom. The largest absolute Gasteiger partial charge is 0.376 e. The number of ether oxygens (including phenoxy) is 1. The molecule has 0 spiro atoms. The summed E-state index contributed by atoms with van der Waals surface area (Å²) in [6.45, 7) is 15.4. The lowest BCUT2D eigenvalue weighted by atomic mass is 10.0. The second-order valence-corrected chi connectivity index (χ2v) is 4.84. The molecule has 0 aliphatic rings. The molecule has 0 saturated carbocycles. The zero-order chi connectivity index (χ0) is 11.8. The topological polar surface area (TPSA) is 21.3 Å². The van der Waals surface area contributed by atoms with Crippen molar-refractivity contribution in [3.05, 3.63) is 0 Å². The van der Waals surface area contributed by atoms with Gasteiger partial charge < -0.3 is 10.1 Å². The van der Waals surface area contributed by atoms with Crippen molar-refractivity contribution in [3.8, 4) is 0 Å². The van der Waals surface area contributed by atoms with Crippen molar-refractivity contribution in [2.75, 3.05) is 13.7 Å². The Hall–Kier alpha value is -0.0800. The Kier molecular flexibility index (Phi) is 8.46. The minimum atomic E-state index is -0.0101.